The van der Waals surface area contributed by atoms with Gasteiger partial charge < -0.3 is 10.6 Å². The van der Waals surface area contributed by atoms with Crippen molar-refractivity contribution in [3.05, 3.63) is 58.9 Å². The average Bonchev–Trinajstić information content (AvgIpc) is 2.39. The van der Waals surface area contributed by atoms with E-state index in [1.807, 2.05) is 31.2 Å². The zero-order valence-corrected chi connectivity index (χ0v) is 11.5. The molecular weight excluding hydrogens is 263 g/mol. The molecule has 2 nitrogen and oxygen atoms in total. The Morgan fingerprint density at radius 2 is 1.84 bits per heavy atom. The van der Waals surface area contributed by atoms with Gasteiger partial charge in [-0.2, -0.15) is 0 Å². The fraction of sp³-hybridized carbons (Fsp3) is 0.200. The lowest BCUT2D eigenvalue weighted by Crippen LogP contribution is -2.22. The van der Waals surface area contributed by atoms with E-state index in [0.717, 1.165) is 17.9 Å². The number of anilines is 2. The number of benzene rings is 2. The maximum Gasteiger partial charge on any atom is 0.129 e. The van der Waals surface area contributed by atoms with E-state index in [1.165, 1.54) is 6.07 Å². The normalized spacial score (nSPS) is 10.5. The zero-order valence-electron chi connectivity index (χ0n) is 10.7. The molecule has 0 aromatic heterocycles. The molecular formula is C15H16ClFN2. The summed E-state index contributed by atoms with van der Waals surface area (Å²) in [7, 11) is 0. The highest BCUT2D eigenvalue weighted by Gasteiger charge is 2.09. The molecule has 0 radical (unpaired) electrons. The van der Waals surface area contributed by atoms with E-state index in [4.69, 9.17) is 17.3 Å². The van der Waals surface area contributed by atoms with Gasteiger partial charge in [-0.25, -0.2) is 4.39 Å². The second-order valence-electron chi connectivity index (χ2n) is 4.34. The van der Waals surface area contributed by atoms with Gasteiger partial charge in [0.15, 0.2) is 0 Å². The molecule has 0 atom stereocenters. The predicted octanol–water partition coefficient (Wildman–Crippen LogP) is 4.09. The molecule has 0 amide bonds. The summed E-state index contributed by atoms with van der Waals surface area (Å²) in [5, 5.41) is 0.414. The summed E-state index contributed by atoms with van der Waals surface area (Å²) >= 11 is 5.75. The van der Waals surface area contributed by atoms with E-state index < -0.39 is 0 Å². The first kappa shape index (κ1) is 13.7. The largest absolute Gasteiger partial charge is 0.399 e. The summed E-state index contributed by atoms with van der Waals surface area (Å²) in [5.41, 5.74) is 8.04. The Labute approximate surface area is 117 Å². The third kappa shape index (κ3) is 3.38. The average molecular weight is 279 g/mol. The van der Waals surface area contributed by atoms with Crippen LogP contribution in [-0.2, 0) is 6.54 Å². The fourth-order valence-electron chi connectivity index (χ4n) is 1.93. The molecule has 0 unspecified atom stereocenters. The number of halogens is 2. The Balaban J connectivity index is 2.21. The van der Waals surface area contributed by atoms with E-state index in [-0.39, 0.29) is 5.82 Å². The van der Waals surface area contributed by atoms with E-state index in [9.17, 15) is 4.39 Å². The van der Waals surface area contributed by atoms with Crippen molar-refractivity contribution in [2.24, 2.45) is 0 Å². The van der Waals surface area contributed by atoms with E-state index in [0.29, 0.717) is 17.1 Å². The Bertz CT molecular complexity index is 555. The molecule has 0 spiro atoms. The van der Waals surface area contributed by atoms with Gasteiger partial charge in [0.1, 0.15) is 5.82 Å². The van der Waals surface area contributed by atoms with Crippen molar-refractivity contribution >= 4 is 23.0 Å². The van der Waals surface area contributed by atoms with E-state index in [1.54, 1.807) is 12.1 Å². The van der Waals surface area contributed by atoms with Gasteiger partial charge in [-0.3, -0.25) is 0 Å². The lowest BCUT2D eigenvalue weighted by molar-refractivity contribution is 0.605. The molecule has 0 aliphatic heterocycles. The van der Waals surface area contributed by atoms with Crippen molar-refractivity contribution in [3.8, 4) is 0 Å². The number of hydrogen-bond donors (Lipinski definition) is 1. The lowest BCUT2D eigenvalue weighted by atomic mass is 10.1. The maximum atomic E-state index is 13.8. The second kappa shape index (κ2) is 5.93. The zero-order chi connectivity index (χ0) is 13.8. The van der Waals surface area contributed by atoms with Gasteiger partial charge in [-0.05, 0) is 43.3 Å². The van der Waals surface area contributed by atoms with Crippen molar-refractivity contribution in [2.45, 2.75) is 13.5 Å². The van der Waals surface area contributed by atoms with Crippen LogP contribution in [0.3, 0.4) is 0 Å². The van der Waals surface area contributed by atoms with Crippen molar-refractivity contribution < 1.29 is 4.39 Å². The molecule has 2 aromatic carbocycles. The summed E-state index contributed by atoms with van der Waals surface area (Å²) in [6.45, 7) is 3.32. The molecule has 19 heavy (non-hydrogen) atoms. The number of nitrogens with zero attached hydrogens (tertiary/aromatic N) is 1. The van der Waals surface area contributed by atoms with Crippen LogP contribution in [0, 0.1) is 5.82 Å². The van der Waals surface area contributed by atoms with E-state index >= 15 is 0 Å². The summed E-state index contributed by atoms with van der Waals surface area (Å²) in [5.74, 6) is -0.276. The van der Waals surface area contributed by atoms with Crippen molar-refractivity contribution in [1.29, 1.82) is 0 Å². The van der Waals surface area contributed by atoms with Crippen LogP contribution < -0.4 is 10.6 Å². The third-order valence-electron chi connectivity index (χ3n) is 3.02. The molecule has 2 aromatic rings. The predicted molar refractivity (Wildman–Crippen MR) is 79.0 cm³/mol. The van der Waals surface area contributed by atoms with Gasteiger partial charge in [0.05, 0.1) is 0 Å². The van der Waals surface area contributed by atoms with Crippen LogP contribution in [0.4, 0.5) is 15.8 Å². The minimum Gasteiger partial charge on any atom is -0.399 e. The van der Waals surface area contributed by atoms with Crippen molar-refractivity contribution in [2.75, 3.05) is 17.2 Å². The van der Waals surface area contributed by atoms with Crippen molar-refractivity contribution in [3.63, 3.8) is 0 Å². The summed E-state index contributed by atoms with van der Waals surface area (Å²) in [6.07, 6.45) is 0. The maximum absolute atomic E-state index is 13.8. The standard InChI is InChI=1S/C15H16ClFN2/c1-2-19(14-7-5-13(18)6-8-14)10-11-3-4-12(16)9-15(11)17/h3-9H,2,10,18H2,1H3. The van der Waals surface area contributed by atoms with Crippen molar-refractivity contribution in [1.82, 2.24) is 0 Å². The van der Waals surface area contributed by atoms with Gasteiger partial charge in [-0.1, -0.05) is 17.7 Å². The molecule has 0 bridgehead atoms. The molecule has 100 valence electrons. The molecule has 0 aliphatic rings. The lowest BCUT2D eigenvalue weighted by Gasteiger charge is -2.23. The highest BCUT2D eigenvalue weighted by molar-refractivity contribution is 6.30. The number of hydrogen-bond acceptors (Lipinski definition) is 2. The molecule has 0 saturated heterocycles. The first-order chi connectivity index (χ1) is 9.10. The quantitative estimate of drug-likeness (QED) is 0.854. The first-order valence-corrected chi connectivity index (χ1v) is 6.52. The fourth-order valence-corrected chi connectivity index (χ4v) is 2.09. The Morgan fingerprint density at radius 1 is 1.16 bits per heavy atom. The van der Waals surface area contributed by atoms with Crippen LogP contribution in [0.25, 0.3) is 0 Å². The molecule has 0 heterocycles. The smallest absolute Gasteiger partial charge is 0.129 e. The molecule has 0 aliphatic carbocycles. The Hall–Kier alpha value is -1.74. The summed E-state index contributed by atoms with van der Waals surface area (Å²) in [6, 6.07) is 12.3. The summed E-state index contributed by atoms with van der Waals surface area (Å²) in [4.78, 5) is 2.08. The highest BCUT2D eigenvalue weighted by Crippen LogP contribution is 2.21. The van der Waals surface area contributed by atoms with Gasteiger partial charge in [0, 0.05) is 35.1 Å². The third-order valence-corrected chi connectivity index (χ3v) is 3.25. The summed E-state index contributed by atoms with van der Waals surface area (Å²) < 4.78 is 13.8. The second-order valence-corrected chi connectivity index (χ2v) is 4.78. The highest BCUT2D eigenvalue weighted by atomic mass is 35.5. The van der Waals surface area contributed by atoms with Gasteiger partial charge >= 0.3 is 0 Å². The topological polar surface area (TPSA) is 29.3 Å². The van der Waals surface area contributed by atoms with Crippen LogP contribution >= 0.6 is 11.6 Å². The van der Waals surface area contributed by atoms with Gasteiger partial charge in [0.2, 0.25) is 0 Å². The van der Waals surface area contributed by atoms with Crippen LogP contribution in [0.1, 0.15) is 12.5 Å². The molecule has 2 N–H and O–H groups in total. The molecule has 0 saturated carbocycles. The van der Waals surface area contributed by atoms with Crippen LogP contribution in [0.15, 0.2) is 42.5 Å². The van der Waals surface area contributed by atoms with E-state index in [2.05, 4.69) is 4.90 Å². The Morgan fingerprint density at radius 3 is 2.42 bits per heavy atom. The van der Waals surface area contributed by atoms with Gasteiger partial charge in [-0.15, -0.1) is 0 Å². The Kier molecular flexibility index (Phi) is 4.27. The number of nitrogen functional groups attached to an aromatic ring is 1. The van der Waals surface area contributed by atoms with Gasteiger partial charge in [0.25, 0.3) is 0 Å². The van der Waals surface area contributed by atoms with Crippen LogP contribution in [0.2, 0.25) is 5.02 Å². The minimum absolute atomic E-state index is 0.276. The molecule has 2 rings (SSSR count). The SMILES string of the molecule is CCN(Cc1ccc(Cl)cc1F)c1ccc(N)cc1. The minimum atomic E-state index is -0.276. The monoisotopic (exact) mass is 278 g/mol. The van der Waals surface area contributed by atoms with Crippen LogP contribution in [-0.4, -0.2) is 6.54 Å². The molecule has 0 fully saturated rings. The number of nitrogens with two attached hydrogens (primary N) is 1. The number of rotatable bonds is 4. The van der Waals surface area contributed by atoms with Crippen LogP contribution in [0.5, 0.6) is 0 Å². The molecule has 4 heteroatoms. The first-order valence-electron chi connectivity index (χ1n) is 6.14.